The Bertz CT molecular complexity index is 612. The van der Waals surface area contributed by atoms with E-state index in [9.17, 15) is 9.59 Å². The summed E-state index contributed by atoms with van der Waals surface area (Å²) < 4.78 is 0. The highest BCUT2D eigenvalue weighted by atomic mass is 16.1. The van der Waals surface area contributed by atoms with Crippen molar-refractivity contribution in [3.8, 4) is 0 Å². The largest absolute Gasteiger partial charge is 0.294 e. The molecule has 90 valence electrons. The van der Waals surface area contributed by atoms with Gasteiger partial charge < -0.3 is 0 Å². The quantitative estimate of drug-likeness (QED) is 0.651. The molecule has 0 radical (unpaired) electrons. The predicted octanol–water partition coefficient (Wildman–Crippen LogP) is 2.81. The van der Waals surface area contributed by atoms with Crippen LogP contribution in [-0.2, 0) is 0 Å². The highest BCUT2D eigenvalue weighted by Crippen LogP contribution is 2.52. The van der Waals surface area contributed by atoms with Gasteiger partial charge in [0.25, 0.3) is 0 Å². The van der Waals surface area contributed by atoms with Gasteiger partial charge in [0.15, 0.2) is 11.6 Å². The molecule has 0 heterocycles. The Morgan fingerprint density at radius 3 is 2.22 bits per heavy atom. The lowest BCUT2D eigenvalue weighted by atomic mass is 9.69. The van der Waals surface area contributed by atoms with E-state index in [1.165, 1.54) is 0 Å². The number of ketones is 2. The lowest BCUT2D eigenvalue weighted by molar-refractivity contribution is 0.0720. The van der Waals surface area contributed by atoms with E-state index in [2.05, 4.69) is 12.2 Å². The SMILES string of the molecule is Cc1ccc2c(c1)C(=O)C1C3C=CC(C3)C1C2=O. The first-order valence-corrected chi connectivity index (χ1v) is 6.54. The molecule has 3 aliphatic rings. The van der Waals surface area contributed by atoms with Crippen LogP contribution in [-0.4, -0.2) is 11.6 Å². The molecule has 0 aliphatic heterocycles. The van der Waals surface area contributed by atoms with Crippen LogP contribution in [0.25, 0.3) is 0 Å². The van der Waals surface area contributed by atoms with E-state index in [0.29, 0.717) is 23.0 Å². The summed E-state index contributed by atoms with van der Waals surface area (Å²) in [5.74, 6) is 0.808. The first-order chi connectivity index (χ1) is 8.66. The van der Waals surface area contributed by atoms with Gasteiger partial charge in [0.1, 0.15) is 0 Å². The van der Waals surface area contributed by atoms with E-state index >= 15 is 0 Å². The van der Waals surface area contributed by atoms with Crippen molar-refractivity contribution in [2.24, 2.45) is 23.7 Å². The fourth-order valence-corrected chi connectivity index (χ4v) is 3.97. The summed E-state index contributed by atoms with van der Waals surface area (Å²) in [6.45, 7) is 1.96. The molecule has 4 rings (SSSR count). The molecule has 0 saturated heterocycles. The topological polar surface area (TPSA) is 34.1 Å². The minimum absolute atomic E-state index is 0.0808. The fraction of sp³-hybridized carbons (Fsp3) is 0.375. The van der Waals surface area contributed by atoms with Crippen molar-refractivity contribution >= 4 is 11.6 Å². The molecule has 2 nitrogen and oxygen atoms in total. The molecule has 4 atom stereocenters. The summed E-state index contributed by atoms with van der Waals surface area (Å²) in [4.78, 5) is 25.2. The normalized spacial score (nSPS) is 35.8. The Labute approximate surface area is 106 Å². The summed E-state index contributed by atoms with van der Waals surface area (Å²) >= 11 is 0. The Hall–Kier alpha value is -1.70. The Balaban J connectivity index is 1.93. The maximum absolute atomic E-state index is 12.6. The van der Waals surface area contributed by atoms with Crippen molar-refractivity contribution in [2.75, 3.05) is 0 Å². The third-order valence-corrected chi connectivity index (χ3v) is 4.77. The van der Waals surface area contributed by atoms with Gasteiger partial charge in [-0.3, -0.25) is 9.59 Å². The summed E-state index contributed by atoms with van der Waals surface area (Å²) in [5.41, 5.74) is 2.35. The van der Waals surface area contributed by atoms with E-state index in [-0.39, 0.29) is 23.4 Å². The fourth-order valence-electron chi connectivity index (χ4n) is 3.97. The number of benzene rings is 1. The van der Waals surface area contributed by atoms with Crippen molar-refractivity contribution in [3.63, 3.8) is 0 Å². The van der Waals surface area contributed by atoms with Gasteiger partial charge in [0, 0.05) is 23.0 Å². The van der Waals surface area contributed by atoms with Crippen LogP contribution in [0.5, 0.6) is 0 Å². The molecule has 3 aliphatic carbocycles. The van der Waals surface area contributed by atoms with E-state index in [0.717, 1.165) is 12.0 Å². The van der Waals surface area contributed by atoms with E-state index < -0.39 is 0 Å². The molecule has 0 N–H and O–H groups in total. The molecule has 0 aromatic heterocycles. The van der Waals surface area contributed by atoms with Gasteiger partial charge in [0.2, 0.25) is 0 Å². The smallest absolute Gasteiger partial charge is 0.168 e. The number of Topliss-reactive ketones (excluding diaryl/α,β-unsaturated/α-hetero) is 2. The number of aryl methyl sites for hydroxylation is 1. The second-order valence-corrected chi connectivity index (χ2v) is 5.78. The van der Waals surface area contributed by atoms with Gasteiger partial charge in [0.05, 0.1) is 0 Å². The van der Waals surface area contributed by atoms with Crippen molar-refractivity contribution in [1.29, 1.82) is 0 Å². The zero-order valence-electron chi connectivity index (χ0n) is 10.2. The Morgan fingerprint density at radius 2 is 1.56 bits per heavy atom. The molecular weight excluding hydrogens is 224 g/mol. The molecule has 0 amide bonds. The summed E-state index contributed by atoms with van der Waals surface area (Å²) in [6.07, 6.45) is 5.26. The lowest BCUT2D eigenvalue weighted by Gasteiger charge is -2.31. The van der Waals surface area contributed by atoms with Crippen LogP contribution < -0.4 is 0 Å². The van der Waals surface area contributed by atoms with Crippen LogP contribution in [0.2, 0.25) is 0 Å². The number of allylic oxidation sites excluding steroid dienone is 2. The standard InChI is InChI=1S/C16H14O2/c1-8-2-5-11-12(6-8)16(18)14-10-4-3-9(7-10)13(14)15(11)17/h2-6,9-10,13-14H,7H2,1H3. The maximum Gasteiger partial charge on any atom is 0.168 e. The third-order valence-electron chi connectivity index (χ3n) is 4.77. The van der Waals surface area contributed by atoms with Crippen LogP contribution in [0.15, 0.2) is 30.4 Å². The lowest BCUT2D eigenvalue weighted by Crippen LogP contribution is -2.38. The van der Waals surface area contributed by atoms with Crippen molar-refractivity contribution in [1.82, 2.24) is 0 Å². The van der Waals surface area contributed by atoms with Crippen molar-refractivity contribution < 1.29 is 9.59 Å². The molecule has 4 unspecified atom stereocenters. The average molecular weight is 238 g/mol. The molecule has 18 heavy (non-hydrogen) atoms. The zero-order chi connectivity index (χ0) is 12.4. The summed E-state index contributed by atoms with van der Waals surface area (Å²) in [7, 11) is 0. The van der Waals surface area contributed by atoms with E-state index in [1.54, 1.807) is 0 Å². The van der Waals surface area contributed by atoms with Gasteiger partial charge in [-0.15, -0.1) is 0 Å². The molecule has 2 bridgehead atoms. The first kappa shape index (κ1) is 10.2. The van der Waals surface area contributed by atoms with Crippen LogP contribution in [0.3, 0.4) is 0 Å². The number of fused-ring (bicyclic) bond motifs is 6. The van der Waals surface area contributed by atoms with Crippen LogP contribution in [0.1, 0.15) is 32.7 Å². The summed E-state index contributed by atoms with van der Waals surface area (Å²) in [6, 6.07) is 5.63. The molecule has 1 aromatic carbocycles. The highest BCUT2D eigenvalue weighted by molar-refractivity contribution is 6.16. The number of rotatable bonds is 0. The van der Waals surface area contributed by atoms with Crippen molar-refractivity contribution in [2.45, 2.75) is 13.3 Å². The number of hydrogen-bond donors (Lipinski definition) is 0. The van der Waals surface area contributed by atoms with E-state index in [1.807, 2.05) is 25.1 Å². The van der Waals surface area contributed by atoms with Crippen molar-refractivity contribution in [3.05, 3.63) is 47.0 Å². The zero-order valence-corrected chi connectivity index (χ0v) is 10.2. The average Bonchev–Trinajstić information content (AvgIpc) is 2.96. The van der Waals surface area contributed by atoms with E-state index in [4.69, 9.17) is 0 Å². The minimum atomic E-state index is -0.0817. The first-order valence-electron chi connectivity index (χ1n) is 6.54. The van der Waals surface area contributed by atoms with Gasteiger partial charge in [-0.25, -0.2) is 0 Å². The minimum Gasteiger partial charge on any atom is -0.294 e. The van der Waals surface area contributed by atoms with Gasteiger partial charge in [-0.2, -0.15) is 0 Å². The monoisotopic (exact) mass is 238 g/mol. The summed E-state index contributed by atoms with van der Waals surface area (Å²) in [5, 5.41) is 0. The van der Waals surface area contributed by atoms with Gasteiger partial charge >= 0.3 is 0 Å². The van der Waals surface area contributed by atoms with Crippen LogP contribution in [0, 0.1) is 30.6 Å². The number of carbonyl (C=O) groups is 2. The Morgan fingerprint density at radius 1 is 0.944 bits per heavy atom. The number of carbonyl (C=O) groups excluding carboxylic acids is 2. The second kappa shape index (κ2) is 3.19. The predicted molar refractivity (Wildman–Crippen MR) is 67.6 cm³/mol. The Kier molecular flexibility index (Phi) is 1.82. The third kappa shape index (κ3) is 1.08. The molecule has 1 fully saturated rings. The second-order valence-electron chi connectivity index (χ2n) is 5.78. The van der Waals surface area contributed by atoms with Gasteiger partial charge in [-0.1, -0.05) is 29.8 Å². The molecule has 2 heteroatoms. The molecule has 0 spiro atoms. The van der Waals surface area contributed by atoms with Crippen LogP contribution >= 0.6 is 0 Å². The van der Waals surface area contributed by atoms with Crippen LogP contribution in [0.4, 0.5) is 0 Å². The molecule has 1 saturated carbocycles. The van der Waals surface area contributed by atoms with Gasteiger partial charge in [-0.05, 0) is 31.2 Å². The molecule has 1 aromatic rings. The number of hydrogen-bond acceptors (Lipinski definition) is 2. The molecular formula is C16H14O2. The maximum atomic E-state index is 12.6. The highest BCUT2D eigenvalue weighted by Gasteiger charge is 2.54.